The molecule has 0 rings (SSSR count). The van der Waals surface area contributed by atoms with E-state index in [2.05, 4.69) is 44.8 Å². The molecule has 0 amide bonds. The van der Waals surface area contributed by atoms with Crippen LogP contribution in [-0.4, -0.2) is 6.21 Å². The van der Waals surface area contributed by atoms with Crippen molar-refractivity contribution in [2.45, 2.75) is 47.0 Å². The monoisotopic (exact) mass is 179 g/mol. The molecule has 0 aliphatic heterocycles. The third-order valence-corrected chi connectivity index (χ3v) is 1.94. The van der Waals surface area contributed by atoms with Gasteiger partial charge in [-0.15, -0.1) is 0 Å². The van der Waals surface area contributed by atoms with Gasteiger partial charge in [0.15, 0.2) is 0 Å². The third-order valence-electron chi connectivity index (χ3n) is 1.94. The lowest BCUT2D eigenvalue weighted by Crippen LogP contribution is -1.82. The highest BCUT2D eigenvalue weighted by Crippen LogP contribution is 2.02. The normalized spacial score (nSPS) is 14.2. The Morgan fingerprint density at radius 3 is 2.46 bits per heavy atom. The molecule has 1 heteroatoms. The molecule has 1 nitrogen and oxygen atoms in total. The van der Waals surface area contributed by atoms with E-state index < -0.39 is 0 Å². The van der Waals surface area contributed by atoms with Crippen LogP contribution in [0.3, 0.4) is 0 Å². The molecule has 0 aromatic heterocycles. The Balaban J connectivity index is 4.10. The zero-order valence-electron chi connectivity index (χ0n) is 9.30. The number of hydrogen-bond donors (Lipinski definition) is 0. The maximum absolute atomic E-state index is 4.37. The van der Waals surface area contributed by atoms with Crippen LogP contribution < -0.4 is 0 Å². The average Bonchev–Trinajstić information content (AvgIpc) is 2.16. The van der Waals surface area contributed by atoms with Gasteiger partial charge in [-0.05, 0) is 32.3 Å². The quantitative estimate of drug-likeness (QED) is 0.563. The van der Waals surface area contributed by atoms with Gasteiger partial charge in [0.05, 0.1) is 0 Å². The fourth-order valence-corrected chi connectivity index (χ4v) is 0.961. The highest BCUT2D eigenvalue weighted by molar-refractivity contribution is 5.79. The minimum atomic E-state index is 1.06. The first-order valence-corrected chi connectivity index (χ1v) is 5.10. The zero-order valence-corrected chi connectivity index (χ0v) is 9.30. The molecule has 0 aromatic carbocycles. The second-order valence-corrected chi connectivity index (χ2v) is 3.11. The molecule has 0 heterocycles. The van der Waals surface area contributed by atoms with E-state index in [-0.39, 0.29) is 0 Å². The molecule has 0 saturated carbocycles. The summed E-state index contributed by atoms with van der Waals surface area (Å²) < 4.78 is 0. The Labute approximate surface area is 82.3 Å². The van der Waals surface area contributed by atoms with E-state index in [1.165, 1.54) is 12.0 Å². The van der Waals surface area contributed by atoms with Crippen LogP contribution in [0.4, 0.5) is 0 Å². The first-order chi connectivity index (χ1) is 6.24. The third kappa shape index (κ3) is 6.32. The van der Waals surface area contributed by atoms with Gasteiger partial charge in [-0.2, -0.15) is 0 Å². The van der Waals surface area contributed by atoms with Crippen LogP contribution in [0.15, 0.2) is 28.4 Å². The zero-order chi connectivity index (χ0) is 10.1. The summed E-state index contributed by atoms with van der Waals surface area (Å²) in [6, 6.07) is 0. The number of rotatable bonds is 5. The Hall–Kier alpha value is -0.850. The molecule has 0 aliphatic carbocycles. The van der Waals surface area contributed by atoms with Crippen LogP contribution in [0.2, 0.25) is 0 Å². The summed E-state index contributed by atoms with van der Waals surface area (Å²) in [6.07, 6.45) is 9.62. The van der Waals surface area contributed by atoms with Crippen molar-refractivity contribution >= 4 is 6.21 Å². The summed E-state index contributed by atoms with van der Waals surface area (Å²) in [7, 11) is 0. The predicted molar refractivity (Wildman–Crippen MR) is 61.2 cm³/mol. The molecule has 0 radical (unpaired) electrons. The molecular weight excluding hydrogens is 158 g/mol. The summed E-state index contributed by atoms with van der Waals surface area (Å²) >= 11 is 0. The Morgan fingerprint density at radius 1 is 1.31 bits per heavy atom. The molecule has 0 saturated heterocycles. The Kier molecular flexibility index (Phi) is 7.27. The van der Waals surface area contributed by atoms with Gasteiger partial charge in [-0.1, -0.05) is 32.4 Å². The van der Waals surface area contributed by atoms with Crippen molar-refractivity contribution in [1.82, 2.24) is 0 Å². The van der Waals surface area contributed by atoms with Crippen molar-refractivity contribution in [2.75, 3.05) is 0 Å². The predicted octanol–water partition coefficient (Wildman–Crippen LogP) is 4.12. The van der Waals surface area contributed by atoms with Crippen LogP contribution in [0.5, 0.6) is 0 Å². The van der Waals surface area contributed by atoms with Crippen molar-refractivity contribution in [2.24, 2.45) is 4.99 Å². The number of aliphatic imine (C=N–C) groups is 1. The van der Waals surface area contributed by atoms with E-state index in [1.807, 2.05) is 6.21 Å². The van der Waals surface area contributed by atoms with Gasteiger partial charge in [-0.3, -0.25) is 4.99 Å². The van der Waals surface area contributed by atoms with E-state index >= 15 is 0 Å². The minimum absolute atomic E-state index is 1.06. The topological polar surface area (TPSA) is 12.4 Å². The molecule has 13 heavy (non-hydrogen) atoms. The van der Waals surface area contributed by atoms with Crippen molar-refractivity contribution in [3.63, 3.8) is 0 Å². The lowest BCUT2D eigenvalue weighted by Gasteiger charge is -1.95. The van der Waals surface area contributed by atoms with Gasteiger partial charge in [0.1, 0.15) is 0 Å². The van der Waals surface area contributed by atoms with E-state index in [1.54, 1.807) is 0 Å². The fourth-order valence-electron chi connectivity index (χ4n) is 0.961. The second kappa shape index (κ2) is 7.78. The largest absolute Gasteiger partial charge is 0.262 e. The van der Waals surface area contributed by atoms with E-state index in [0.29, 0.717) is 0 Å². The van der Waals surface area contributed by atoms with Gasteiger partial charge in [0, 0.05) is 11.9 Å². The van der Waals surface area contributed by atoms with E-state index in [0.717, 1.165) is 18.5 Å². The molecule has 0 unspecified atom stereocenters. The van der Waals surface area contributed by atoms with Gasteiger partial charge in [0.25, 0.3) is 0 Å². The fraction of sp³-hybridized carbons (Fsp3) is 0.583. The average molecular weight is 179 g/mol. The summed E-state index contributed by atoms with van der Waals surface area (Å²) in [5, 5.41) is 0. The molecule has 0 N–H and O–H groups in total. The number of hydrogen-bond acceptors (Lipinski definition) is 1. The minimum Gasteiger partial charge on any atom is -0.262 e. The lowest BCUT2D eigenvalue weighted by molar-refractivity contribution is 0.946. The Morgan fingerprint density at radius 2 is 2.00 bits per heavy atom. The van der Waals surface area contributed by atoms with Crippen molar-refractivity contribution in [3.8, 4) is 0 Å². The number of unbranched alkanes of at least 4 members (excludes halogenated alkanes) is 1. The molecule has 0 aliphatic rings. The van der Waals surface area contributed by atoms with Crippen LogP contribution in [0, 0.1) is 0 Å². The van der Waals surface area contributed by atoms with Crippen molar-refractivity contribution in [1.29, 1.82) is 0 Å². The van der Waals surface area contributed by atoms with Crippen molar-refractivity contribution < 1.29 is 0 Å². The molecule has 0 spiro atoms. The number of nitrogens with zero attached hydrogens (tertiary/aromatic N) is 1. The van der Waals surface area contributed by atoms with Crippen molar-refractivity contribution in [3.05, 3.63) is 23.4 Å². The SMILES string of the molecule is C\C=C(/C=N/C(C)=C/CCC)CC. The summed E-state index contributed by atoms with van der Waals surface area (Å²) in [5.41, 5.74) is 2.42. The van der Waals surface area contributed by atoms with Crippen LogP contribution in [-0.2, 0) is 0 Å². The summed E-state index contributed by atoms with van der Waals surface area (Å²) in [4.78, 5) is 4.37. The molecule has 0 bridgehead atoms. The summed E-state index contributed by atoms with van der Waals surface area (Å²) in [5.74, 6) is 0. The van der Waals surface area contributed by atoms with E-state index in [9.17, 15) is 0 Å². The maximum Gasteiger partial charge on any atom is 0.0332 e. The molecule has 0 atom stereocenters. The van der Waals surface area contributed by atoms with Crippen LogP contribution in [0.25, 0.3) is 0 Å². The highest BCUT2D eigenvalue weighted by Gasteiger charge is 1.86. The van der Waals surface area contributed by atoms with Gasteiger partial charge in [0.2, 0.25) is 0 Å². The first-order valence-electron chi connectivity index (χ1n) is 5.10. The number of allylic oxidation sites excluding steroid dienone is 4. The molecule has 0 fully saturated rings. The first kappa shape index (κ1) is 12.2. The maximum atomic E-state index is 4.37. The molecule has 0 aromatic rings. The van der Waals surface area contributed by atoms with E-state index in [4.69, 9.17) is 0 Å². The summed E-state index contributed by atoms with van der Waals surface area (Å²) in [6.45, 7) is 8.42. The molecular formula is C12H21N. The van der Waals surface area contributed by atoms with Crippen LogP contribution in [0.1, 0.15) is 47.0 Å². The standard InChI is InChI=1S/C12H21N/c1-5-8-9-11(4)13-10-12(6-2)7-3/h6,9-10H,5,7-8H2,1-4H3/b11-9+,12-6-,13-10+. The smallest absolute Gasteiger partial charge is 0.0332 e. The van der Waals surface area contributed by atoms with Gasteiger partial charge >= 0.3 is 0 Å². The van der Waals surface area contributed by atoms with Gasteiger partial charge < -0.3 is 0 Å². The van der Waals surface area contributed by atoms with Gasteiger partial charge in [-0.25, -0.2) is 0 Å². The Bertz CT molecular complexity index is 209. The second-order valence-electron chi connectivity index (χ2n) is 3.11. The molecule has 74 valence electrons. The van der Waals surface area contributed by atoms with Crippen LogP contribution >= 0.6 is 0 Å². The highest BCUT2D eigenvalue weighted by atomic mass is 14.7. The lowest BCUT2D eigenvalue weighted by atomic mass is 10.2.